The van der Waals surface area contributed by atoms with Gasteiger partial charge in [-0.3, -0.25) is 10.1 Å². The van der Waals surface area contributed by atoms with Crippen molar-refractivity contribution >= 4 is 28.0 Å². The molecule has 0 fully saturated rings. The zero-order valence-electron chi connectivity index (χ0n) is 14.3. The first-order valence-electron chi connectivity index (χ1n) is 8.04. The molecule has 2 aromatic carbocycles. The van der Waals surface area contributed by atoms with Gasteiger partial charge in [0, 0.05) is 35.8 Å². The molecule has 0 bridgehead atoms. The molecule has 2 heterocycles. The highest BCUT2D eigenvalue weighted by Gasteiger charge is 2.25. The van der Waals surface area contributed by atoms with Crippen LogP contribution in [0.15, 0.2) is 36.5 Å². The topological polar surface area (TPSA) is 90.6 Å². The van der Waals surface area contributed by atoms with Gasteiger partial charge in [-0.15, -0.1) is 0 Å². The molecule has 0 unspecified atom stereocenters. The Labute approximate surface area is 149 Å². The van der Waals surface area contributed by atoms with Crippen molar-refractivity contribution in [1.29, 1.82) is 0 Å². The van der Waals surface area contributed by atoms with Gasteiger partial charge in [0.05, 0.1) is 36.5 Å². The second-order valence-electron chi connectivity index (χ2n) is 5.93. The molecule has 132 valence electrons. The third-order valence-corrected chi connectivity index (χ3v) is 4.58. The number of anilines is 2. The van der Waals surface area contributed by atoms with E-state index in [4.69, 9.17) is 9.47 Å². The lowest BCUT2D eigenvalue weighted by atomic mass is 10.1. The average molecular weight is 352 g/mol. The Balaban J connectivity index is 1.85. The van der Waals surface area contributed by atoms with E-state index in [1.54, 1.807) is 38.6 Å². The minimum atomic E-state index is -0.372. The fraction of sp³-hybridized carbons (Fsp3) is 0.222. The lowest BCUT2D eigenvalue weighted by Crippen LogP contribution is -2.14. The summed E-state index contributed by atoms with van der Waals surface area (Å²) in [4.78, 5) is 12.7. The molecular weight excluding hydrogens is 336 g/mol. The molecule has 0 aliphatic carbocycles. The van der Waals surface area contributed by atoms with Crippen LogP contribution in [0.25, 0.3) is 10.9 Å². The molecule has 0 amide bonds. The van der Waals surface area contributed by atoms with Gasteiger partial charge >= 0.3 is 0 Å². The standard InChI is InChI=1S/C18H16N4O4/c1-25-17-8-13-14(9-18(17)26-2)20-19-10-16(13)21-6-5-11-7-12(22(23)24)3-4-15(11)21/h3-4,7-10H,5-6H2,1-2H3. The van der Waals surface area contributed by atoms with E-state index < -0.39 is 0 Å². The molecule has 1 aliphatic rings. The normalized spacial score (nSPS) is 12.9. The summed E-state index contributed by atoms with van der Waals surface area (Å²) in [5.41, 5.74) is 3.57. The number of rotatable bonds is 4. The number of aromatic nitrogens is 2. The van der Waals surface area contributed by atoms with Crippen LogP contribution in [0.2, 0.25) is 0 Å². The number of nitrogens with zero attached hydrogens (tertiary/aromatic N) is 4. The molecule has 0 atom stereocenters. The molecule has 0 saturated carbocycles. The van der Waals surface area contributed by atoms with Crippen molar-refractivity contribution in [1.82, 2.24) is 10.2 Å². The molecular formula is C18H16N4O4. The van der Waals surface area contributed by atoms with Crippen molar-refractivity contribution < 1.29 is 14.4 Å². The van der Waals surface area contributed by atoms with Crippen molar-refractivity contribution in [2.24, 2.45) is 0 Å². The number of hydrogen-bond acceptors (Lipinski definition) is 7. The summed E-state index contributed by atoms with van der Waals surface area (Å²) in [5.74, 6) is 1.20. The number of fused-ring (bicyclic) bond motifs is 2. The first kappa shape index (κ1) is 16.1. The van der Waals surface area contributed by atoms with Gasteiger partial charge in [-0.25, -0.2) is 0 Å². The van der Waals surface area contributed by atoms with Crippen LogP contribution in [0.4, 0.5) is 17.1 Å². The van der Waals surface area contributed by atoms with Crippen molar-refractivity contribution in [2.75, 3.05) is 25.7 Å². The van der Waals surface area contributed by atoms with E-state index in [2.05, 4.69) is 15.1 Å². The van der Waals surface area contributed by atoms with E-state index in [0.717, 1.165) is 28.7 Å². The Kier molecular flexibility index (Phi) is 3.80. The molecule has 26 heavy (non-hydrogen) atoms. The van der Waals surface area contributed by atoms with Gasteiger partial charge in [0.1, 0.15) is 0 Å². The largest absolute Gasteiger partial charge is 0.493 e. The zero-order valence-corrected chi connectivity index (χ0v) is 14.3. The maximum atomic E-state index is 11.0. The average Bonchev–Trinajstić information content (AvgIpc) is 3.09. The molecule has 8 heteroatoms. The maximum Gasteiger partial charge on any atom is 0.269 e. The third kappa shape index (κ3) is 2.46. The van der Waals surface area contributed by atoms with Crippen molar-refractivity contribution in [3.63, 3.8) is 0 Å². The number of benzene rings is 2. The summed E-state index contributed by atoms with van der Waals surface area (Å²) in [7, 11) is 3.16. The molecule has 4 rings (SSSR count). The molecule has 8 nitrogen and oxygen atoms in total. The summed E-state index contributed by atoms with van der Waals surface area (Å²) < 4.78 is 10.7. The molecule has 3 aromatic rings. The Morgan fingerprint density at radius 3 is 2.62 bits per heavy atom. The number of methoxy groups -OCH3 is 2. The highest BCUT2D eigenvalue weighted by molar-refractivity contribution is 5.96. The lowest BCUT2D eigenvalue weighted by Gasteiger charge is -2.21. The Morgan fingerprint density at radius 2 is 1.88 bits per heavy atom. The number of ether oxygens (including phenoxy) is 2. The molecule has 1 aromatic heterocycles. The predicted molar refractivity (Wildman–Crippen MR) is 96.4 cm³/mol. The fourth-order valence-corrected chi connectivity index (χ4v) is 3.34. The van der Waals surface area contributed by atoms with Crippen LogP contribution in [0.1, 0.15) is 5.56 Å². The van der Waals surface area contributed by atoms with E-state index in [0.29, 0.717) is 23.6 Å². The minimum absolute atomic E-state index is 0.106. The first-order valence-corrected chi connectivity index (χ1v) is 8.04. The van der Waals surface area contributed by atoms with Crippen LogP contribution in [-0.2, 0) is 6.42 Å². The lowest BCUT2D eigenvalue weighted by molar-refractivity contribution is -0.384. The van der Waals surface area contributed by atoms with E-state index >= 15 is 0 Å². The molecule has 0 radical (unpaired) electrons. The summed E-state index contributed by atoms with van der Waals surface area (Å²) in [6.07, 6.45) is 2.43. The number of non-ortho nitro benzene ring substituents is 1. The van der Waals surface area contributed by atoms with Crippen LogP contribution >= 0.6 is 0 Å². The first-order chi connectivity index (χ1) is 12.6. The maximum absolute atomic E-state index is 11.0. The molecule has 0 N–H and O–H groups in total. The zero-order chi connectivity index (χ0) is 18.3. The van der Waals surface area contributed by atoms with Crippen LogP contribution in [0.3, 0.4) is 0 Å². The summed E-state index contributed by atoms with van der Waals surface area (Å²) in [5, 5.41) is 20.2. The summed E-state index contributed by atoms with van der Waals surface area (Å²) >= 11 is 0. The van der Waals surface area contributed by atoms with E-state index in [1.165, 1.54) is 6.07 Å². The number of nitro benzene ring substituents is 1. The summed E-state index contributed by atoms with van der Waals surface area (Å²) in [6.45, 7) is 0.714. The van der Waals surface area contributed by atoms with Gasteiger partial charge in [0.15, 0.2) is 11.5 Å². The number of nitro groups is 1. The van der Waals surface area contributed by atoms with Gasteiger partial charge in [-0.05, 0) is 24.1 Å². The van der Waals surface area contributed by atoms with Gasteiger partial charge in [0.25, 0.3) is 5.69 Å². The summed E-state index contributed by atoms with van der Waals surface area (Å²) in [6, 6.07) is 8.61. The number of hydrogen-bond donors (Lipinski definition) is 0. The van der Waals surface area contributed by atoms with Crippen molar-refractivity contribution in [3.8, 4) is 11.5 Å². The van der Waals surface area contributed by atoms with Crippen LogP contribution in [0.5, 0.6) is 11.5 Å². The van der Waals surface area contributed by atoms with Crippen molar-refractivity contribution in [2.45, 2.75) is 6.42 Å². The molecule has 0 saturated heterocycles. The van der Waals surface area contributed by atoms with Crippen LogP contribution in [0, 0.1) is 10.1 Å². The van der Waals surface area contributed by atoms with Crippen molar-refractivity contribution in [3.05, 3.63) is 52.2 Å². The van der Waals surface area contributed by atoms with Crippen LogP contribution < -0.4 is 14.4 Å². The molecule has 1 aliphatic heterocycles. The Morgan fingerprint density at radius 1 is 1.12 bits per heavy atom. The van der Waals surface area contributed by atoms with E-state index in [9.17, 15) is 10.1 Å². The Hall–Kier alpha value is -3.42. The predicted octanol–water partition coefficient (Wildman–Crippen LogP) is 3.25. The second-order valence-corrected chi connectivity index (χ2v) is 5.93. The smallest absolute Gasteiger partial charge is 0.269 e. The SMILES string of the molecule is COc1cc2nncc(N3CCc4cc([N+](=O)[O-])ccc43)c2cc1OC. The second kappa shape index (κ2) is 6.14. The van der Waals surface area contributed by atoms with Gasteiger partial charge in [-0.1, -0.05) is 0 Å². The third-order valence-electron chi connectivity index (χ3n) is 4.58. The van der Waals surface area contributed by atoms with Gasteiger partial charge in [-0.2, -0.15) is 10.2 Å². The van der Waals surface area contributed by atoms with E-state index in [1.807, 2.05) is 6.07 Å². The highest BCUT2D eigenvalue weighted by atomic mass is 16.6. The van der Waals surface area contributed by atoms with Crippen LogP contribution in [-0.4, -0.2) is 35.9 Å². The van der Waals surface area contributed by atoms with E-state index in [-0.39, 0.29) is 10.6 Å². The van der Waals surface area contributed by atoms with Gasteiger partial charge < -0.3 is 14.4 Å². The molecule has 0 spiro atoms. The van der Waals surface area contributed by atoms with Gasteiger partial charge in [0.2, 0.25) is 0 Å². The monoisotopic (exact) mass is 352 g/mol. The highest BCUT2D eigenvalue weighted by Crippen LogP contribution is 2.41. The Bertz CT molecular complexity index is 1020. The quantitative estimate of drug-likeness (QED) is 0.526. The minimum Gasteiger partial charge on any atom is -0.493 e. The fourth-order valence-electron chi connectivity index (χ4n) is 3.34.